The number of carbonyl (C=O) groups is 1. The quantitative estimate of drug-likeness (QED) is 0.726. The van der Waals surface area contributed by atoms with Gasteiger partial charge >= 0.3 is 0 Å². The SMILES string of the molecule is Cc1cc(N2CCN(C)CC2)nc(N2CCN(C(=O)/C=C/c3ccco3)CC2)n1. The first kappa shape index (κ1) is 19.4. The molecule has 2 aromatic rings. The van der Waals surface area contributed by atoms with Gasteiger partial charge in [-0.2, -0.15) is 4.98 Å². The lowest BCUT2D eigenvalue weighted by atomic mass is 10.3. The molecule has 0 aliphatic carbocycles. The van der Waals surface area contributed by atoms with E-state index in [0.29, 0.717) is 18.8 Å². The number of aryl methyl sites for hydroxylation is 1. The summed E-state index contributed by atoms with van der Waals surface area (Å²) in [6.07, 6.45) is 4.88. The Morgan fingerprint density at radius 2 is 1.76 bits per heavy atom. The summed E-state index contributed by atoms with van der Waals surface area (Å²) in [5.74, 6) is 2.45. The number of anilines is 2. The second kappa shape index (κ2) is 8.65. The van der Waals surface area contributed by atoms with Crippen LogP contribution in [0.4, 0.5) is 11.8 Å². The minimum Gasteiger partial charge on any atom is -0.465 e. The standard InChI is InChI=1S/C21H28N6O2/c1-17-16-19(25-9-7-24(2)8-10-25)23-21(22-17)27-13-11-26(12-14-27)20(28)6-5-18-4-3-15-29-18/h3-6,15-16H,7-14H2,1-2H3/b6-5+. The van der Waals surface area contributed by atoms with Crippen molar-refractivity contribution in [2.45, 2.75) is 6.92 Å². The van der Waals surface area contributed by atoms with Gasteiger partial charge < -0.3 is 24.0 Å². The van der Waals surface area contributed by atoms with E-state index >= 15 is 0 Å². The lowest BCUT2D eigenvalue weighted by Crippen LogP contribution is -2.49. The molecule has 2 aliphatic rings. The van der Waals surface area contributed by atoms with Crippen molar-refractivity contribution in [3.05, 3.63) is 42.0 Å². The smallest absolute Gasteiger partial charge is 0.246 e. The van der Waals surface area contributed by atoms with Crippen LogP contribution in [0.2, 0.25) is 0 Å². The summed E-state index contributed by atoms with van der Waals surface area (Å²) in [6, 6.07) is 5.70. The van der Waals surface area contributed by atoms with Gasteiger partial charge in [-0.3, -0.25) is 4.79 Å². The molecule has 2 saturated heterocycles. The van der Waals surface area contributed by atoms with Crippen LogP contribution in [0.3, 0.4) is 0 Å². The average Bonchev–Trinajstić information content (AvgIpc) is 3.26. The molecule has 0 unspecified atom stereocenters. The lowest BCUT2D eigenvalue weighted by Gasteiger charge is -2.36. The molecule has 0 atom stereocenters. The fraction of sp³-hybridized carbons (Fsp3) is 0.476. The highest BCUT2D eigenvalue weighted by Crippen LogP contribution is 2.20. The van der Waals surface area contributed by atoms with Crippen molar-refractivity contribution in [1.29, 1.82) is 0 Å². The van der Waals surface area contributed by atoms with Gasteiger partial charge in [-0.05, 0) is 32.2 Å². The zero-order valence-electron chi connectivity index (χ0n) is 17.1. The fourth-order valence-electron chi connectivity index (χ4n) is 3.65. The average molecular weight is 396 g/mol. The molecule has 0 spiro atoms. The van der Waals surface area contributed by atoms with Crippen LogP contribution >= 0.6 is 0 Å². The minimum absolute atomic E-state index is 0.00401. The van der Waals surface area contributed by atoms with Crippen molar-refractivity contribution in [2.24, 2.45) is 0 Å². The van der Waals surface area contributed by atoms with E-state index in [1.54, 1.807) is 24.5 Å². The van der Waals surface area contributed by atoms with Gasteiger partial charge in [-0.25, -0.2) is 4.98 Å². The maximum atomic E-state index is 12.4. The molecular weight excluding hydrogens is 368 g/mol. The molecule has 29 heavy (non-hydrogen) atoms. The summed E-state index contributed by atoms with van der Waals surface area (Å²) in [7, 11) is 2.15. The maximum Gasteiger partial charge on any atom is 0.246 e. The summed E-state index contributed by atoms with van der Waals surface area (Å²) in [6.45, 7) is 8.84. The number of hydrogen-bond donors (Lipinski definition) is 0. The molecule has 8 nitrogen and oxygen atoms in total. The van der Waals surface area contributed by atoms with Gasteiger partial charge in [0.1, 0.15) is 11.6 Å². The van der Waals surface area contributed by atoms with Gasteiger partial charge in [-0.1, -0.05) is 0 Å². The molecule has 0 N–H and O–H groups in total. The lowest BCUT2D eigenvalue weighted by molar-refractivity contribution is -0.126. The van der Waals surface area contributed by atoms with Crippen molar-refractivity contribution >= 4 is 23.7 Å². The molecule has 4 rings (SSSR count). The molecule has 2 aliphatic heterocycles. The Hall–Kier alpha value is -2.87. The Bertz CT molecular complexity index is 850. The summed E-state index contributed by atoms with van der Waals surface area (Å²) >= 11 is 0. The van der Waals surface area contributed by atoms with Crippen LogP contribution in [-0.4, -0.2) is 85.1 Å². The van der Waals surface area contributed by atoms with E-state index in [9.17, 15) is 4.79 Å². The Kier molecular flexibility index (Phi) is 5.80. The predicted molar refractivity (Wildman–Crippen MR) is 113 cm³/mol. The summed E-state index contributed by atoms with van der Waals surface area (Å²) in [4.78, 5) is 30.6. The second-order valence-corrected chi connectivity index (χ2v) is 7.62. The largest absolute Gasteiger partial charge is 0.465 e. The first-order valence-corrected chi connectivity index (χ1v) is 10.1. The Morgan fingerprint density at radius 1 is 1.03 bits per heavy atom. The Labute approximate surface area is 171 Å². The van der Waals surface area contributed by atoms with E-state index in [1.165, 1.54) is 0 Å². The van der Waals surface area contributed by atoms with Crippen molar-refractivity contribution in [1.82, 2.24) is 19.8 Å². The first-order chi connectivity index (χ1) is 14.1. The highest BCUT2D eigenvalue weighted by Gasteiger charge is 2.23. The van der Waals surface area contributed by atoms with Crippen LogP contribution < -0.4 is 9.80 Å². The number of carbonyl (C=O) groups excluding carboxylic acids is 1. The van der Waals surface area contributed by atoms with Crippen molar-refractivity contribution in [3.63, 3.8) is 0 Å². The van der Waals surface area contributed by atoms with Crippen molar-refractivity contribution < 1.29 is 9.21 Å². The van der Waals surface area contributed by atoms with Crippen LogP contribution in [-0.2, 0) is 4.79 Å². The molecule has 0 saturated carbocycles. The third-order valence-corrected chi connectivity index (χ3v) is 5.46. The van der Waals surface area contributed by atoms with Crippen molar-refractivity contribution in [3.8, 4) is 0 Å². The van der Waals surface area contributed by atoms with Crippen molar-refractivity contribution in [2.75, 3.05) is 69.2 Å². The van der Waals surface area contributed by atoms with Crippen LogP contribution in [0.5, 0.6) is 0 Å². The Balaban J connectivity index is 1.37. The number of piperazine rings is 2. The third kappa shape index (κ3) is 4.76. The predicted octanol–water partition coefficient (Wildman–Crippen LogP) is 1.49. The fourth-order valence-corrected chi connectivity index (χ4v) is 3.65. The van der Waals surface area contributed by atoms with Gasteiger partial charge in [0.15, 0.2) is 0 Å². The topological polar surface area (TPSA) is 69.0 Å². The number of hydrogen-bond acceptors (Lipinski definition) is 7. The van der Waals surface area contributed by atoms with Crippen LogP contribution in [0.1, 0.15) is 11.5 Å². The molecule has 4 heterocycles. The first-order valence-electron chi connectivity index (χ1n) is 10.1. The number of furan rings is 1. The van der Waals surface area contributed by atoms with Crippen LogP contribution in [0.15, 0.2) is 35.0 Å². The molecule has 154 valence electrons. The van der Waals surface area contributed by atoms with Gasteiger partial charge in [0.05, 0.1) is 6.26 Å². The second-order valence-electron chi connectivity index (χ2n) is 7.62. The number of rotatable bonds is 4. The van der Waals surface area contributed by atoms with E-state index in [2.05, 4.69) is 32.8 Å². The monoisotopic (exact) mass is 396 g/mol. The zero-order chi connectivity index (χ0) is 20.2. The minimum atomic E-state index is 0.00401. The number of nitrogens with zero attached hydrogens (tertiary/aromatic N) is 6. The highest BCUT2D eigenvalue weighted by molar-refractivity contribution is 5.91. The maximum absolute atomic E-state index is 12.4. The normalized spacial score (nSPS) is 18.6. The third-order valence-electron chi connectivity index (χ3n) is 5.46. The molecule has 2 aromatic heterocycles. The van der Waals surface area contributed by atoms with Crippen LogP contribution in [0, 0.1) is 6.92 Å². The molecule has 0 bridgehead atoms. The molecular formula is C21H28N6O2. The molecule has 0 radical (unpaired) electrons. The van der Waals surface area contributed by atoms with Crippen LogP contribution in [0.25, 0.3) is 6.08 Å². The number of aromatic nitrogens is 2. The number of amides is 1. The summed E-state index contributed by atoms with van der Waals surface area (Å²) in [5, 5.41) is 0. The van der Waals surface area contributed by atoms with Gasteiger partial charge in [0.25, 0.3) is 0 Å². The molecule has 8 heteroatoms. The van der Waals surface area contributed by atoms with E-state index in [0.717, 1.165) is 56.7 Å². The summed E-state index contributed by atoms with van der Waals surface area (Å²) in [5.41, 5.74) is 0.976. The number of likely N-dealkylation sites (N-methyl/N-ethyl adjacent to an activating group) is 1. The summed E-state index contributed by atoms with van der Waals surface area (Å²) < 4.78 is 5.24. The van der Waals surface area contributed by atoms with Gasteiger partial charge in [0, 0.05) is 70.2 Å². The molecule has 0 aromatic carbocycles. The van der Waals surface area contributed by atoms with E-state index in [-0.39, 0.29) is 5.91 Å². The molecule has 1 amide bonds. The zero-order valence-corrected chi connectivity index (χ0v) is 17.1. The molecule has 2 fully saturated rings. The van der Waals surface area contributed by atoms with E-state index in [4.69, 9.17) is 9.40 Å². The van der Waals surface area contributed by atoms with Gasteiger partial charge in [-0.15, -0.1) is 0 Å². The Morgan fingerprint density at radius 3 is 2.45 bits per heavy atom. The highest BCUT2D eigenvalue weighted by atomic mass is 16.3. The van der Waals surface area contributed by atoms with E-state index < -0.39 is 0 Å². The van der Waals surface area contributed by atoms with Gasteiger partial charge in [0.2, 0.25) is 11.9 Å². The van der Waals surface area contributed by atoms with E-state index in [1.807, 2.05) is 17.9 Å².